The van der Waals surface area contributed by atoms with Crippen molar-refractivity contribution in [2.45, 2.75) is 18.6 Å². The van der Waals surface area contributed by atoms with Crippen LogP contribution in [-0.2, 0) is 16.5 Å². The lowest BCUT2D eigenvalue weighted by molar-refractivity contribution is -0.101. The Hall–Kier alpha value is -1.70. The van der Waals surface area contributed by atoms with E-state index in [-0.39, 0.29) is 29.2 Å². The van der Waals surface area contributed by atoms with Gasteiger partial charge >= 0.3 is 0 Å². The van der Waals surface area contributed by atoms with Gasteiger partial charge in [-0.3, -0.25) is 14.5 Å². The number of pyridine rings is 1. The van der Waals surface area contributed by atoms with Crippen molar-refractivity contribution in [3.63, 3.8) is 0 Å². The highest BCUT2D eigenvalue weighted by Gasteiger charge is 2.38. The van der Waals surface area contributed by atoms with E-state index in [0.717, 1.165) is 26.1 Å². The van der Waals surface area contributed by atoms with Crippen molar-refractivity contribution in [3.8, 4) is 0 Å². The van der Waals surface area contributed by atoms with Crippen LogP contribution in [0, 0.1) is 0 Å². The first kappa shape index (κ1) is 17.1. The van der Waals surface area contributed by atoms with E-state index in [4.69, 9.17) is 9.47 Å². The first-order valence-corrected chi connectivity index (χ1v) is 8.41. The number of hydrogen-bond acceptors (Lipinski definition) is 5. The maximum absolute atomic E-state index is 12.8. The van der Waals surface area contributed by atoms with Crippen LogP contribution in [0.15, 0.2) is 23.1 Å². The number of amides is 1. The lowest BCUT2D eigenvalue weighted by Crippen LogP contribution is -2.61. The summed E-state index contributed by atoms with van der Waals surface area (Å²) in [6.45, 7) is 4.27. The normalized spacial score (nSPS) is 24.7. The van der Waals surface area contributed by atoms with Gasteiger partial charge in [-0.2, -0.15) is 0 Å². The van der Waals surface area contributed by atoms with Crippen molar-refractivity contribution in [3.05, 3.63) is 34.2 Å². The van der Waals surface area contributed by atoms with Crippen LogP contribution in [0.2, 0.25) is 0 Å². The summed E-state index contributed by atoms with van der Waals surface area (Å²) in [6.07, 6.45) is 2.61. The fraction of sp³-hybridized carbons (Fsp3) is 0.647. The molecule has 24 heavy (non-hydrogen) atoms. The Kier molecular flexibility index (Phi) is 5.33. The Morgan fingerprint density at radius 1 is 1.42 bits per heavy atom. The number of carbonyl (C=O) groups is 1. The van der Waals surface area contributed by atoms with Crippen molar-refractivity contribution in [2.75, 3.05) is 46.5 Å². The Morgan fingerprint density at radius 3 is 3.04 bits per heavy atom. The smallest absolute Gasteiger partial charge is 0.263 e. The molecular weight excluding hydrogens is 310 g/mol. The molecule has 0 aliphatic carbocycles. The number of likely N-dealkylation sites (tertiary alicyclic amines) is 1. The van der Waals surface area contributed by atoms with Gasteiger partial charge in [-0.1, -0.05) is 0 Å². The average Bonchev–Trinajstić information content (AvgIpc) is 2.61. The van der Waals surface area contributed by atoms with Crippen LogP contribution >= 0.6 is 0 Å². The van der Waals surface area contributed by atoms with Crippen molar-refractivity contribution in [1.29, 1.82) is 0 Å². The summed E-state index contributed by atoms with van der Waals surface area (Å²) in [7, 11) is 3.35. The molecule has 1 amide bonds. The van der Waals surface area contributed by atoms with Gasteiger partial charge in [0.1, 0.15) is 5.56 Å². The number of nitrogens with zero attached hydrogens (tertiary/aromatic N) is 3. The largest absolute Gasteiger partial charge is 0.383 e. The van der Waals surface area contributed by atoms with E-state index >= 15 is 0 Å². The number of methoxy groups -OCH3 is 1. The van der Waals surface area contributed by atoms with E-state index in [9.17, 15) is 9.59 Å². The number of aryl methyl sites for hydroxylation is 1. The summed E-state index contributed by atoms with van der Waals surface area (Å²) in [5, 5.41) is 0. The molecule has 1 aromatic heterocycles. The Balaban J connectivity index is 1.75. The Bertz CT molecular complexity index is 645. The third-order valence-electron chi connectivity index (χ3n) is 4.92. The molecule has 0 aromatic carbocycles. The molecule has 2 aliphatic heterocycles. The maximum atomic E-state index is 12.8. The third-order valence-corrected chi connectivity index (χ3v) is 4.92. The molecule has 0 N–H and O–H groups in total. The minimum atomic E-state index is -0.249. The van der Waals surface area contributed by atoms with E-state index in [1.807, 2.05) is 0 Å². The summed E-state index contributed by atoms with van der Waals surface area (Å²) in [6, 6.07) is 3.51. The first-order valence-electron chi connectivity index (χ1n) is 8.41. The van der Waals surface area contributed by atoms with Gasteiger partial charge in [0.05, 0.1) is 25.4 Å². The van der Waals surface area contributed by atoms with Crippen LogP contribution in [-0.4, -0.2) is 78.9 Å². The van der Waals surface area contributed by atoms with Crippen molar-refractivity contribution in [2.24, 2.45) is 7.05 Å². The number of ether oxygens (including phenoxy) is 2. The predicted molar refractivity (Wildman–Crippen MR) is 89.2 cm³/mol. The fourth-order valence-electron chi connectivity index (χ4n) is 3.54. The molecule has 0 spiro atoms. The summed E-state index contributed by atoms with van der Waals surface area (Å²) in [4.78, 5) is 29.1. The highest BCUT2D eigenvalue weighted by atomic mass is 16.5. The van der Waals surface area contributed by atoms with Crippen molar-refractivity contribution in [1.82, 2.24) is 14.4 Å². The Morgan fingerprint density at radius 2 is 2.25 bits per heavy atom. The van der Waals surface area contributed by atoms with Gasteiger partial charge in [0.15, 0.2) is 0 Å². The molecule has 2 fully saturated rings. The molecule has 2 atom stereocenters. The van der Waals surface area contributed by atoms with Gasteiger partial charge in [-0.15, -0.1) is 0 Å². The third kappa shape index (κ3) is 3.38. The first-order chi connectivity index (χ1) is 11.6. The number of aromatic nitrogens is 1. The molecule has 0 unspecified atom stereocenters. The van der Waals surface area contributed by atoms with Gasteiger partial charge in [-0.05, 0) is 18.6 Å². The number of carbonyl (C=O) groups excluding carboxylic acids is 1. The summed E-state index contributed by atoms with van der Waals surface area (Å²) >= 11 is 0. The number of fused-ring (bicyclic) bond motifs is 1. The van der Waals surface area contributed by atoms with Crippen LogP contribution in [0.3, 0.4) is 0 Å². The second kappa shape index (κ2) is 7.46. The molecule has 2 saturated heterocycles. The molecule has 0 saturated carbocycles. The van der Waals surface area contributed by atoms with Crippen LogP contribution < -0.4 is 5.56 Å². The van der Waals surface area contributed by atoms with Crippen molar-refractivity contribution >= 4 is 5.91 Å². The number of hydrogen-bond donors (Lipinski definition) is 0. The van der Waals surface area contributed by atoms with E-state index in [2.05, 4.69) is 4.90 Å². The van der Waals surface area contributed by atoms with Crippen LogP contribution in [0.25, 0.3) is 0 Å². The van der Waals surface area contributed by atoms with Crippen molar-refractivity contribution < 1.29 is 14.3 Å². The lowest BCUT2D eigenvalue weighted by atomic mass is 9.98. The average molecular weight is 335 g/mol. The zero-order valence-electron chi connectivity index (χ0n) is 14.3. The van der Waals surface area contributed by atoms with E-state index in [1.54, 1.807) is 37.4 Å². The maximum Gasteiger partial charge on any atom is 0.263 e. The molecular formula is C17H25N3O4. The van der Waals surface area contributed by atoms with Gasteiger partial charge in [0.2, 0.25) is 0 Å². The number of rotatable bonds is 4. The molecule has 3 heterocycles. The standard InChI is InChI=1S/C17H25N3O4/c1-18-6-3-4-13(16(18)21)17(22)20-7-5-15-14(12-20)19(8-10-23-2)9-11-24-15/h3-4,6,14-15H,5,7-12H2,1-2H3/t14-,15-/m0/s1. The van der Waals surface area contributed by atoms with Gasteiger partial charge in [-0.25, -0.2) is 0 Å². The SMILES string of the molecule is COCCN1CCO[C@H]2CCN(C(=O)c3cccn(C)c3=O)C[C@@H]21. The zero-order chi connectivity index (χ0) is 17.1. The summed E-state index contributed by atoms with van der Waals surface area (Å²) < 4.78 is 12.5. The number of piperidine rings is 1. The van der Waals surface area contributed by atoms with Crippen LogP contribution in [0.5, 0.6) is 0 Å². The predicted octanol–water partition coefficient (Wildman–Crippen LogP) is -0.0530. The highest BCUT2D eigenvalue weighted by molar-refractivity contribution is 5.93. The molecule has 0 bridgehead atoms. The second-order valence-corrected chi connectivity index (χ2v) is 6.38. The van der Waals surface area contributed by atoms with Gasteiger partial charge in [0, 0.05) is 46.5 Å². The second-order valence-electron chi connectivity index (χ2n) is 6.38. The minimum absolute atomic E-state index is 0.151. The molecule has 7 nitrogen and oxygen atoms in total. The van der Waals surface area contributed by atoms with Crippen LogP contribution in [0.1, 0.15) is 16.8 Å². The molecule has 7 heteroatoms. The Labute approximate surface area is 141 Å². The van der Waals surface area contributed by atoms with Crippen LogP contribution in [0.4, 0.5) is 0 Å². The summed E-state index contributed by atoms with van der Waals surface area (Å²) in [5.74, 6) is -0.188. The van der Waals surface area contributed by atoms with E-state index in [1.165, 1.54) is 4.57 Å². The van der Waals surface area contributed by atoms with Gasteiger partial charge in [0.25, 0.3) is 11.5 Å². The lowest BCUT2D eigenvalue weighted by Gasteiger charge is -2.47. The number of morpholine rings is 1. The van der Waals surface area contributed by atoms with E-state index < -0.39 is 0 Å². The zero-order valence-corrected chi connectivity index (χ0v) is 14.3. The minimum Gasteiger partial charge on any atom is -0.383 e. The fourth-order valence-corrected chi connectivity index (χ4v) is 3.54. The molecule has 0 radical (unpaired) electrons. The molecule has 132 valence electrons. The molecule has 1 aromatic rings. The monoisotopic (exact) mass is 335 g/mol. The highest BCUT2D eigenvalue weighted by Crippen LogP contribution is 2.23. The topological polar surface area (TPSA) is 64.0 Å². The summed E-state index contributed by atoms with van der Waals surface area (Å²) in [5.41, 5.74) is -0.0145. The van der Waals surface area contributed by atoms with Gasteiger partial charge < -0.3 is 18.9 Å². The quantitative estimate of drug-likeness (QED) is 0.772. The molecule has 2 aliphatic rings. The van der Waals surface area contributed by atoms with E-state index in [0.29, 0.717) is 19.7 Å². The molecule has 3 rings (SSSR count).